The van der Waals surface area contributed by atoms with Crippen molar-refractivity contribution in [3.8, 4) is 0 Å². The first-order valence-electron chi connectivity index (χ1n) is 8.32. The predicted octanol–water partition coefficient (Wildman–Crippen LogP) is 1.17. The highest BCUT2D eigenvalue weighted by molar-refractivity contribution is 5.72. The lowest BCUT2D eigenvalue weighted by Gasteiger charge is -2.25. The molecule has 26 heavy (non-hydrogen) atoms. The van der Waals surface area contributed by atoms with E-state index in [-0.39, 0.29) is 29.5 Å². The molecular weight excluding hydrogens is 343 g/mol. The quantitative estimate of drug-likeness (QED) is 0.555. The van der Waals surface area contributed by atoms with Crippen LogP contribution in [0.3, 0.4) is 0 Å². The molecule has 0 bridgehead atoms. The molecule has 1 aliphatic carbocycles. The van der Waals surface area contributed by atoms with E-state index in [2.05, 4.69) is 25.3 Å². The molecule has 3 aromatic rings. The second-order valence-electron chi connectivity index (χ2n) is 6.38. The van der Waals surface area contributed by atoms with Crippen LogP contribution in [0.2, 0.25) is 0 Å². The first kappa shape index (κ1) is 16.5. The maximum atomic E-state index is 13.3. The molecule has 4 N–H and O–H groups in total. The molecule has 1 fully saturated rings. The van der Waals surface area contributed by atoms with Crippen LogP contribution in [0.15, 0.2) is 28.0 Å². The number of halogens is 1. The van der Waals surface area contributed by atoms with Crippen molar-refractivity contribution in [3.63, 3.8) is 0 Å². The lowest BCUT2D eigenvalue weighted by Crippen LogP contribution is -2.27. The van der Waals surface area contributed by atoms with E-state index in [4.69, 9.17) is 0 Å². The molecule has 9 nitrogen and oxygen atoms in total. The Balaban J connectivity index is 1.72. The van der Waals surface area contributed by atoms with E-state index in [0.29, 0.717) is 36.8 Å². The first-order valence-corrected chi connectivity index (χ1v) is 8.32. The van der Waals surface area contributed by atoms with E-state index in [0.717, 1.165) is 12.3 Å². The maximum Gasteiger partial charge on any atom is 0.327 e. The molecule has 3 heterocycles. The van der Waals surface area contributed by atoms with E-state index < -0.39 is 11.4 Å². The Morgan fingerprint density at radius 2 is 2.04 bits per heavy atom. The van der Waals surface area contributed by atoms with Gasteiger partial charge in [-0.1, -0.05) is 0 Å². The van der Waals surface area contributed by atoms with Crippen LogP contribution in [0.25, 0.3) is 11.2 Å². The number of imidazole rings is 1. The first-order chi connectivity index (χ1) is 12.5. The number of hydrogen-bond donors (Lipinski definition) is 4. The molecule has 1 saturated carbocycles. The van der Waals surface area contributed by atoms with Crippen molar-refractivity contribution in [2.45, 2.75) is 37.8 Å². The largest absolute Gasteiger partial charge is 0.393 e. The summed E-state index contributed by atoms with van der Waals surface area (Å²) in [5.74, 6) is -0.523. The van der Waals surface area contributed by atoms with Gasteiger partial charge in [-0.25, -0.2) is 14.2 Å². The average Bonchev–Trinajstić information content (AvgIpc) is 2.94. The summed E-state index contributed by atoms with van der Waals surface area (Å²) in [7, 11) is 0. The van der Waals surface area contributed by atoms with Gasteiger partial charge in [0.05, 0.1) is 12.3 Å². The number of anilines is 2. The fraction of sp³-hybridized carbons (Fsp3) is 0.375. The summed E-state index contributed by atoms with van der Waals surface area (Å²) in [6.45, 7) is 0. The number of aromatic nitrogens is 5. The molecule has 136 valence electrons. The minimum atomic E-state index is -0.604. The summed E-state index contributed by atoms with van der Waals surface area (Å²) < 4.78 is 14.9. The van der Waals surface area contributed by atoms with Crippen molar-refractivity contribution < 1.29 is 9.50 Å². The second-order valence-corrected chi connectivity index (χ2v) is 6.38. The molecule has 0 atom stereocenters. The van der Waals surface area contributed by atoms with Crippen LogP contribution in [0, 0.1) is 5.82 Å². The molecule has 4 rings (SSSR count). The van der Waals surface area contributed by atoms with Gasteiger partial charge in [-0.2, -0.15) is 4.98 Å². The number of H-pyrrole nitrogens is 2. The van der Waals surface area contributed by atoms with Crippen LogP contribution in [0.4, 0.5) is 16.0 Å². The molecule has 0 radical (unpaired) electrons. The van der Waals surface area contributed by atoms with Crippen molar-refractivity contribution in [2.75, 3.05) is 5.32 Å². The monoisotopic (exact) mass is 360 g/mol. The molecule has 0 aromatic carbocycles. The van der Waals surface area contributed by atoms with E-state index in [1.807, 2.05) is 0 Å². The van der Waals surface area contributed by atoms with Gasteiger partial charge < -0.3 is 20.4 Å². The van der Waals surface area contributed by atoms with Crippen molar-refractivity contribution >= 4 is 22.8 Å². The Morgan fingerprint density at radius 1 is 1.27 bits per heavy atom. The standard InChI is InChI=1S/C16H17FN6O3/c17-8-5-11(14(25)18-6-8)20-15-19-7-12-13(22-15)23(16(26)21-12)9-1-3-10(24)4-2-9/h5-7,9-10,24H,1-4H2,(H,18,25)(H,21,26)(H,19,20,22)/t9-,10-. The third-order valence-electron chi connectivity index (χ3n) is 4.60. The van der Waals surface area contributed by atoms with E-state index in [1.54, 1.807) is 4.57 Å². The van der Waals surface area contributed by atoms with Gasteiger partial charge >= 0.3 is 5.69 Å². The molecule has 0 unspecified atom stereocenters. The average molecular weight is 360 g/mol. The summed E-state index contributed by atoms with van der Waals surface area (Å²) in [6, 6.07) is 0.971. The molecule has 0 saturated heterocycles. The van der Waals surface area contributed by atoms with Gasteiger partial charge in [-0.15, -0.1) is 0 Å². The number of nitrogens with zero attached hydrogens (tertiary/aromatic N) is 3. The molecule has 10 heteroatoms. The van der Waals surface area contributed by atoms with Crippen LogP contribution >= 0.6 is 0 Å². The zero-order valence-electron chi connectivity index (χ0n) is 13.7. The normalized spacial score (nSPS) is 20.4. The minimum Gasteiger partial charge on any atom is -0.393 e. The van der Waals surface area contributed by atoms with E-state index >= 15 is 0 Å². The van der Waals surface area contributed by atoms with Gasteiger partial charge in [0, 0.05) is 18.3 Å². The molecule has 0 spiro atoms. The van der Waals surface area contributed by atoms with Crippen molar-refractivity contribution in [1.82, 2.24) is 24.5 Å². The van der Waals surface area contributed by atoms with Crippen LogP contribution in [0.5, 0.6) is 0 Å². The number of aliphatic hydroxyl groups is 1. The van der Waals surface area contributed by atoms with Gasteiger partial charge in [0.1, 0.15) is 17.0 Å². The third-order valence-corrected chi connectivity index (χ3v) is 4.60. The smallest absolute Gasteiger partial charge is 0.327 e. The lowest BCUT2D eigenvalue weighted by molar-refractivity contribution is 0.111. The van der Waals surface area contributed by atoms with Gasteiger partial charge in [-0.05, 0) is 25.7 Å². The zero-order chi connectivity index (χ0) is 18.3. The highest BCUT2D eigenvalue weighted by atomic mass is 19.1. The SMILES string of the molecule is O=c1[nH]cc(F)cc1Nc1ncc2[nH]c(=O)n([C@H]3CC[C@H](O)CC3)c2n1. The third kappa shape index (κ3) is 2.99. The van der Waals surface area contributed by atoms with Gasteiger partial charge in [-0.3, -0.25) is 9.36 Å². The zero-order valence-corrected chi connectivity index (χ0v) is 13.7. The van der Waals surface area contributed by atoms with Crippen molar-refractivity contribution in [2.24, 2.45) is 0 Å². The highest BCUT2D eigenvalue weighted by Gasteiger charge is 2.24. The Kier molecular flexibility index (Phi) is 4.03. The fourth-order valence-corrected chi connectivity index (χ4v) is 3.30. The molecule has 0 amide bonds. The molecule has 3 aromatic heterocycles. The number of aromatic amines is 2. The molecular formula is C16H17FN6O3. The predicted molar refractivity (Wildman–Crippen MR) is 92.0 cm³/mol. The summed E-state index contributed by atoms with van der Waals surface area (Å²) in [5, 5.41) is 12.3. The van der Waals surface area contributed by atoms with Gasteiger partial charge in [0.2, 0.25) is 5.95 Å². The second kappa shape index (κ2) is 6.37. The minimum absolute atomic E-state index is 0.0328. The number of nitrogens with one attached hydrogen (secondary N) is 3. The van der Waals surface area contributed by atoms with Gasteiger partial charge in [0.25, 0.3) is 5.56 Å². The number of pyridine rings is 1. The topological polar surface area (TPSA) is 129 Å². The maximum absolute atomic E-state index is 13.3. The lowest BCUT2D eigenvalue weighted by atomic mass is 9.93. The molecule has 1 aliphatic rings. The van der Waals surface area contributed by atoms with Gasteiger partial charge in [0.15, 0.2) is 5.65 Å². The Labute approximate surface area is 145 Å². The van der Waals surface area contributed by atoms with Crippen LogP contribution in [0.1, 0.15) is 31.7 Å². The number of fused-ring (bicyclic) bond motifs is 1. The Bertz CT molecular complexity index is 1060. The Morgan fingerprint density at radius 3 is 2.81 bits per heavy atom. The van der Waals surface area contributed by atoms with Crippen LogP contribution in [-0.4, -0.2) is 35.7 Å². The number of aliphatic hydroxyl groups excluding tert-OH is 1. The summed E-state index contributed by atoms with van der Waals surface area (Å²) in [4.78, 5) is 37.5. The number of rotatable bonds is 3. The Hall–Kier alpha value is -3.01. The summed E-state index contributed by atoms with van der Waals surface area (Å²) in [6.07, 6.45) is 4.65. The van der Waals surface area contributed by atoms with Crippen LogP contribution < -0.4 is 16.6 Å². The molecule has 0 aliphatic heterocycles. The van der Waals surface area contributed by atoms with Crippen molar-refractivity contribution in [3.05, 3.63) is 45.1 Å². The highest BCUT2D eigenvalue weighted by Crippen LogP contribution is 2.29. The fourth-order valence-electron chi connectivity index (χ4n) is 3.30. The van der Waals surface area contributed by atoms with E-state index in [1.165, 1.54) is 6.20 Å². The number of hydrogen-bond acceptors (Lipinski definition) is 6. The van der Waals surface area contributed by atoms with E-state index in [9.17, 15) is 19.1 Å². The summed E-state index contributed by atoms with van der Waals surface area (Å²) in [5.41, 5.74) is 0.0374. The van der Waals surface area contributed by atoms with Crippen molar-refractivity contribution in [1.29, 1.82) is 0 Å². The van der Waals surface area contributed by atoms with Crippen LogP contribution in [-0.2, 0) is 0 Å². The summed E-state index contributed by atoms with van der Waals surface area (Å²) >= 11 is 0.